The molecule has 2 unspecified atom stereocenters. The third kappa shape index (κ3) is 3.03. The number of nitrogens with zero attached hydrogens (tertiary/aromatic N) is 1. The maximum absolute atomic E-state index is 5.44. The predicted molar refractivity (Wildman–Crippen MR) is 75.1 cm³/mol. The summed E-state index contributed by atoms with van der Waals surface area (Å²) in [7, 11) is 3.93. The van der Waals surface area contributed by atoms with Crippen LogP contribution in [-0.4, -0.2) is 38.2 Å². The van der Waals surface area contributed by atoms with Crippen molar-refractivity contribution in [3.63, 3.8) is 0 Å². The van der Waals surface area contributed by atoms with E-state index in [1.54, 1.807) is 7.11 Å². The monoisotopic (exact) mass is 248 g/mol. The lowest BCUT2D eigenvalue weighted by Gasteiger charge is -2.28. The van der Waals surface area contributed by atoms with Gasteiger partial charge in [-0.05, 0) is 39.4 Å². The third-order valence-corrected chi connectivity index (χ3v) is 3.92. The normalized spacial score (nSPS) is 21.2. The van der Waals surface area contributed by atoms with Gasteiger partial charge in [-0.25, -0.2) is 0 Å². The van der Waals surface area contributed by atoms with E-state index in [9.17, 15) is 0 Å². The smallest absolute Gasteiger partial charge is 0.123 e. The first kappa shape index (κ1) is 13.4. The Balaban J connectivity index is 2.02. The molecule has 1 N–H and O–H groups in total. The van der Waals surface area contributed by atoms with Crippen molar-refractivity contribution in [1.82, 2.24) is 10.2 Å². The van der Waals surface area contributed by atoms with E-state index in [0.29, 0.717) is 12.1 Å². The predicted octanol–water partition coefficient (Wildman–Crippen LogP) is 2.44. The first-order chi connectivity index (χ1) is 8.72. The van der Waals surface area contributed by atoms with E-state index in [0.717, 1.165) is 12.3 Å². The van der Waals surface area contributed by atoms with Crippen LogP contribution < -0.4 is 10.1 Å². The minimum Gasteiger partial charge on any atom is -0.496 e. The average Bonchev–Trinajstić information content (AvgIpc) is 2.90. The number of hydrogen-bond donors (Lipinski definition) is 1. The highest BCUT2D eigenvalue weighted by Crippen LogP contribution is 2.28. The maximum atomic E-state index is 5.44. The van der Waals surface area contributed by atoms with Gasteiger partial charge in [-0.15, -0.1) is 0 Å². The molecule has 1 saturated heterocycles. The van der Waals surface area contributed by atoms with E-state index < -0.39 is 0 Å². The standard InChI is InChI=1S/C15H24N2O/c1-12(14-8-4-5-9-15(14)18-3)17(2)11-13-7-6-10-16-13/h4-5,8-9,12-13,16H,6-7,10-11H2,1-3H3. The molecule has 0 aromatic heterocycles. The Labute approximate surface area is 110 Å². The van der Waals surface area contributed by atoms with E-state index in [-0.39, 0.29) is 0 Å². The molecule has 18 heavy (non-hydrogen) atoms. The maximum Gasteiger partial charge on any atom is 0.123 e. The number of likely N-dealkylation sites (N-methyl/N-ethyl adjacent to an activating group) is 1. The second kappa shape index (κ2) is 6.21. The highest BCUT2D eigenvalue weighted by molar-refractivity contribution is 5.35. The lowest BCUT2D eigenvalue weighted by Crippen LogP contribution is -2.36. The van der Waals surface area contributed by atoms with Gasteiger partial charge < -0.3 is 10.1 Å². The van der Waals surface area contributed by atoms with E-state index in [2.05, 4.69) is 36.3 Å². The molecular formula is C15H24N2O. The first-order valence-corrected chi connectivity index (χ1v) is 6.79. The van der Waals surface area contributed by atoms with Gasteiger partial charge in [-0.3, -0.25) is 4.90 Å². The molecule has 100 valence electrons. The van der Waals surface area contributed by atoms with Gasteiger partial charge in [-0.1, -0.05) is 18.2 Å². The zero-order valence-corrected chi connectivity index (χ0v) is 11.6. The van der Waals surface area contributed by atoms with E-state index in [4.69, 9.17) is 4.74 Å². The summed E-state index contributed by atoms with van der Waals surface area (Å²) in [6.07, 6.45) is 2.60. The van der Waals surface area contributed by atoms with Crippen molar-refractivity contribution in [2.45, 2.75) is 31.8 Å². The van der Waals surface area contributed by atoms with Crippen LogP contribution >= 0.6 is 0 Å². The molecule has 1 aliphatic rings. The largest absolute Gasteiger partial charge is 0.496 e. The minimum atomic E-state index is 0.378. The van der Waals surface area contributed by atoms with Crippen molar-refractivity contribution in [2.75, 3.05) is 27.2 Å². The van der Waals surface area contributed by atoms with Crippen LogP contribution in [0, 0.1) is 0 Å². The van der Waals surface area contributed by atoms with Crippen LogP contribution in [0.5, 0.6) is 5.75 Å². The second-order valence-electron chi connectivity index (χ2n) is 5.15. The van der Waals surface area contributed by atoms with Gasteiger partial charge >= 0.3 is 0 Å². The van der Waals surface area contributed by atoms with Crippen molar-refractivity contribution in [2.24, 2.45) is 0 Å². The van der Waals surface area contributed by atoms with Gasteiger partial charge in [-0.2, -0.15) is 0 Å². The van der Waals surface area contributed by atoms with Crippen LogP contribution in [0.2, 0.25) is 0 Å². The Morgan fingerprint density at radius 1 is 1.44 bits per heavy atom. The summed E-state index contributed by atoms with van der Waals surface area (Å²) in [5.74, 6) is 0.983. The van der Waals surface area contributed by atoms with Crippen LogP contribution in [0.25, 0.3) is 0 Å². The fraction of sp³-hybridized carbons (Fsp3) is 0.600. The Kier molecular flexibility index (Phi) is 4.61. The Morgan fingerprint density at radius 3 is 2.89 bits per heavy atom. The van der Waals surface area contributed by atoms with Crippen LogP contribution in [0.15, 0.2) is 24.3 Å². The van der Waals surface area contributed by atoms with Gasteiger partial charge in [0.15, 0.2) is 0 Å². The number of nitrogens with one attached hydrogen (secondary N) is 1. The minimum absolute atomic E-state index is 0.378. The number of para-hydroxylation sites is 1. The molecule has 3 nitrogen and oxygen atoms in total. The summed E-state index contributed by atoms with van der Waals surface area (Å²) in [6, 6.07) is 9.31. The highest BCUT2D eigenvalue weighted by atomic mass is 16.5. The van der Waals surface area contributed by atoms with Gasteiger partial charge in [0.1, 0.15) is 5.75 Å². The summed E-state index contributed by atoms with van der Waals surface area (Å²) in [5, 5.41) is 3.55. The van der Waals surface area contributed by atoms with Crippen LogP contribution in [0.1, 0.15) is 31.4 Å². The van der Waals surface area contributed by atoms with Crippen molar-refractivity contribution < 1.29 is 4.74 Å². The average molecular weight is 248 g/mol. The lowest BCUT2D eigenvalue weighted by atomic mass is 10.1. The first-order valence-electron chi connectivity index (χ1n) is 6.79. The van der Waals surface area contributed by atoms with Gasteiger partial charge in [0, 0.05) is 24.2 Å². The van der Waals surface area contributed by atoms with Crippen molar-refractivity contribution >= 4 is 0 Å². The topological polar surface area (TPSA) is 24.5 Å². The molecule has 0 spiro atoms. The molecule has 0 amide bonds. The summed E-state index contributed by atoms with van der Waals surface area (Å²) < 4.78 is 5.44. The van der Waals surface area contributed by atoms with Crippen molar-refractivity contribution in [3.8, 4) is 5.75 Å². The number of benzene rings is 1. The van der Waals surface area contributed by atoms with E-state index in [1.807, 2.05) is 12.1 Å². The van der Waals surface area contributed by atoms with Gasteiger partial charge in [0.2, 0.25) is 0 Å². The molecule has 1 aliphatic heterocycles. The molecule has 0 saturated carbocycles. The molecule has 2 rings (SSSR count). The Bertz CT molecular complexity index is 375. The number of methoxy groups -OCH3 is 1. The van der Waals surface area contributed by atoms with E-state index >= 15 is 0 Å². The fourth-order valence-corrected chi connectivity index (χ4v) is 2.67. The van der Waals surface area contributed by atoms with Crippen LogP contribution in [0.3, 0.4) is 0 Å². The lowest BCUT2D eigenvalue weighted by molar-refractivity contribution is 0.233. The third-order valence-electron chi connectivity index (χ3n) is 3.92. The molecule has 1 aromatic rings. The van der Waals surface area contributed by atoms with Crippen molar-refractivity contribution in [3.05, 3.63) is 29.8 Å². The molecule has 0 radical (unpaired) electrons. The SMILES string of the molecule is COc1ccccc1C(C)N(C)CC1CCCN1. The number of ether oxygens (including phenoxy) is 1. The highest BCUT2D eigenvalue weighted by Gasteiger charge is 2.21. The summed E-state index contributed by atoms with van der Waals surface area (Å²) in [4.78, 5) is 2.40. The summed E-state index contributed by atoms with van der Waals surface area (Å²) >= 11 is 0. The number of hydrogen-bond acceptors (Lipinski definition) is 3. The van der Waals surface area contributed by atoms with E-state index in [1.165, 1.54) is 24.9 Å². The molecule has 1 fully saturated rings. The molecular weight excluding hydrogens is 224 g/mol. The molecule has 2 atom stereocenters. The summed E-state index contributed by atoms with van der Waals surface area (Å²) in [5.41, 5.74) is 1.26. The van der Waals surface area contributed by atoms with Gasteiger partial charge in [0.05, 0.1) is 7.11 Å². The zero-order valence-electron chi connectivity index (χ0n) is 11.6. The number of rotatable bonds is 5. The molecule has 3 heteroatoms. The Hall–Kier alpha value is -1.06. The second-order valence-corrected chi connectivity index (χ2v) is 5.15. The quantitative estimate of drug-likeness (QED) is 0.866. The Morgan fingerprint density at radius 2 is 2.22 bits per heavy atom. The van der Waals surface area contributed by atoms with Gasteiger partial charge in [0.25, 0.3) is 0 Å². The molecule has 1 heterocycles. The zero-order chi connectivity index (χ0) is 13.0. The summed E-state index contributed by atoms with van der Waals surface area (Å²) in [6.45, 7) is 4.51. The fourth-order valence-electron chi connectivity index (χ4n) is 2.67. The molecule has 0 bridgehead atoms. The van der Waals surface area contributed by atoms with Crippen LogP contribution in [0.4, 0.5) is 0 Å². The van der Waals surface area contributed by atoms with Crippen LogP contribution in [-0.2, 0) is 0 Å². The van der Waals surface area contributed by atoms with Crippen molar-refractivity contribution in [1.29, 1.82) is 0 Å². The molecule has 0 aliphatic carbocycles. The molecule has 1 aromatic carbocycles.